The number of amides is 1. The van der Waals surface area contributed by atoms with E-state index in [-0.39, 0.29) is 5.91 Å². The highest BCUT2D eigenvalue weighted by molar-refractivity contribution is 7.18. The zero-order chi connectivity index (χ0) is 18.6. The molecular weight excluding hydrogens is 362 g/mol. The summed E-state index contributed by atoms with van der Waals surface area (Å²) in [6, 6.07) is 13.6. The van der Waals surface area contributed by atoms with Crippen LogP contribution in [0.4, 0.5) is 5.69 Å². The molecule has 27 heavy (non-hydrogen) atoms. The van der Waals surface area contributed by atoms with E-state index in [0.717, 1.165) is 35.1 Å². The molecule has 1 aliphatic heterocycles. The highest BCUT2D eigenvalue weighted by Crippen LogP contribution is 2.32. The van der Waals surface area contributed by atoms with Crippen molar-refractivity contribution in [3.05, 3.63) is 47.5 Å². The number of hydrogen-bond acceptors (Lipinski definition) is 5. The number of thiazole rings is 1. The summed E-state index contributed by atoms with van der Waals surface area (Å²) >= 11 is 1.69. The molecular formula is C20H22N3O3S+. The number of carbonyl (C=O) groups excluding carboxylic acids is 1. The van der Waals surface area contributed by atoms with Crippen LogP contribution < -0.4 is 19.7 Å². The molecule has 1 atom stereocenters. The molecule has 0 fully saturated rings. The van der Waals surface area contributed by atoms with E-state index < -0.39 is 0 Å². The van der Waals surface area contributed by atoms with Crippen LogP contribution >= 0.6 is 11.3 Å². The number of carbonyl (C=O) groups is 1. The van der Waals surface area contributed by atoms with Gasteiger partial charge in [0.15, 0.2) is 18.0 Å². The molecule has 3 aromatic rings. The fourth-order valence-corrected chi connectivity index (χ4v) is 4.11. The zero-order valence-corrected chi connectivity index (χ0v) is 16.0. The summed E-state index contributed by atoms with van der Waals surface area (Å²) in [7, 11) is 0. The molecule has 4 rings (SSSR count). The number of para-hydroxylation sites is 1. The Morgan fingerprint density at radius 2 is 2.00 bits per heavy atom. The molecule has 0 aliphatic carbocycles. The number of nitrogens with zero attached hydrogens (tertiary/aromatic N) is 1. The van der Waals surface area contributed by atoms with Gasteiger partial charge in [-0.1, -0.05) is 12.1 Å². The minimum Gasteiger partial charge on any atom is -0.486 e. The summed E-state index contributed by atoms with van der Waals surface area (Å²) in [6.45, 7) is 5.15. The number of fused-ring (bicyclic) bond motifs is 2. The molecule has 6 nitrogen and oxygen atoms in total. The number of nitrogens with one attached hydrogen (secondary N) is 2. The van der Waals surface area contributed by atoms with Crippen LogP contribution in [-0.4, -0.2) is 37.2 Å². The van der Waals surface area contributed by atoms with Crippen LogP contribution in [0.15, 0.2) is 42.5 Å². The molecule has 0 bridgehead atoms. The molecule has 0 radical (unpaired) electrons. The van der Waals surface area contributed by atoms with E-state index in [0.29, 0.717) is 25.5 Å². The van der Waals surface area contributed by atoms with Crippen LogP contribution in [-0.2, 0) is 11.3 Å². The Bertz CT molecular complexity index is 924. The van der Waals surface area contributed by atoms with Crippen molar-refractivity contribution < 1.29 is 19.2 Å². The first kappa shape index (κ1) is 17.8. The molecule has 0 saturated heterocycles. The summed E-state index contributed by atoms with van der Waals surface area (Å²) in [5, 5.41) is 4.01. The summed E-state index contributed by atoms with van der Waals surface area (Å²) in [4.78, 5) is 18.3. The first-order valence-electron chi connectivity index (χ1n) is 9.09. The van der Waals surface area contributed by atoms with E-state index in [1.807, 2.05) is 36.4 Å². The fraction of sp³-hybridized carbons (Fsp3) is 0.300. The van der Waals surface area contributed by atoms with Gasteiger partial charge in [-0.25, -0.2) is 4.98 Å². The van der Waals surface area contributed by atoms with E-state index in [1.54, 1.807) is 11.3 Å². The Balaban J connectivity index is 1.38. The lowest BCUT2D eigenvalue weighted by Crippen LogP contribution is -3.11. The summed E-state index contributed by atoms with van der Waals surface area (Å²) in [5.74, 6) is 1.37. The number of quaternary nitrogens is 1. The van der Waals surface area contributed by atoms with Gasteiger partial charge in [-0.15, -0.1) is 11.3 Å². The highest BCUT2D eigenvalue weighted by atomic mass is 32.1. The first-order chi connectivity index (χ1) is 13.2. The largest absolute Gasteiger partial charge is 0.486 e. The lowest BCUT2D eigenvalue weighted by Gasteiger charge is -2.19. The maximum atomic E-state index is 12.5. The number of likely N-dealkylation sites (N-methyl/N-ethyl adjacent to an activating group) is 1. The third kappa shape index (κ3) is 4.20. The topological polar surface area (TPSA) is 64.9 Å². The van der Waals surface area contributed by atoms with Gasteiger partial charge in [-0.05, 0) is 31.2 Å². The Kier molecular flexibility index (Phi) is 5.22. The van der Waals surface area contributed by atoms with Crippen LogP contribution in [0.25, 0.3) is 10.2 Å². The van der Waals surface area contributed by atoms with Gasteiger partial charge in [0.05, 0.1) is 16.8 Å². The Labute approximate surface area is 161 Å². The minimum absolute atomic E-state index is 0.0235. The predicted molar refractivity (Wildman–Crippen MR) is 106 cm³/mol. The van der Waals surface area contributed by atoms with Crippen molar-refractivity contribution in [3.63, 3.8) is 0 Å². The van der Waals surface area contributed by atoms with Gasteiger partial charge in [0, 0.05) is 11.8 Å². The van der Waals surface area contributed by atoms with E-state index in [4.69, 9.17) is 9.47 Å². The standard InChI is InChI=1S/C20H21N3O3S/c1-2-23(13-20-22-15-5-3-4-6-18(15)27-20)12-19(24)21-14-7-8-16-17(11-14)26-10-9-25-16/h3-8,11H,2,9-10,12-13H2,1H3,(H,21,24)/p+1. The smallest absolute Gasteiger partial charge is 0.279 e. The second-order valence-corrected chi connectivity index (χ2v) is 7.55. The van der Waals surface area contributed by atoms with Crippen LogP contribution in [0.1, 0.15) is 11.9 Å². The van der Waals surface area contributed by atoms with Crippen molar-refractivity contribution in [2.45, 2.75) is 13.5 Å². The van der Waals surface area contributed by atoms with Gasteiger partial charge < -0.3 is 19.7 Å². The van der Waals surface area contributed by atoms with Crippen LogP contribution in [0, 0.1) is 0 Å². The summed E-state index contributed by atoms with van der Waals surface area (Å²) in [5.41, 5.74) is 1.74. The average molecular weight is 384 g/mol. The molecule has 2 heterocycles. The molecule has 0 saturated carbocycles. The van der Waals surface area contributed by atoms with Gasteiger partial charge in [0.1, 0.15) is 24.8 Å². The van der Waals surface area contributed by atoms with E-state index >= 15 is 0 Å². The normalized spacial score (nSPS) is 14.1. The molecule has 1 aromatic heterocycles. The van der Waals surface area contributed by atoms with Gasteiger partial charge in [0.2, 0.25) is 0 Å². The number of rotatable bonds is 6. The minimum atomic E-state index is -0.0235. The monoisotopic (exact) mass is 384 g/mol. The molecule has 0 spiro atoms. The number of anilines is 1. The molecule has 1 unspecified atom stereocenters. The quantitative estimate of drug-likeness (QED) is 0.683. The van der Waals surface area contributed by atoms with Gasteiger partial charge in [-0.3, -0.25) is 4.79 Å². The van der Waals surface area contributed by atoms with Gasteiger partial charge >= 0.3 is 0 Å². The Morgan fingerprint density at radius 3 is 2.81 bits per heavy atom. The van der Waals surface area contributed by atoms with Crippen molar-refractivity contribution in [1.29, 1.82) is 0 Å². The number of benzene rings is 2. The zero-order valence-electron chi connectivity index (χ0n) is 15.2. The SMILES string of the molecule is CC[NH+](CC(=O)Nc1ccc2c(c1)OCCO2)Cc1nc2ccccc2s1. The molecule has 2 N–H and O–H groups in total. The average Bonchev–Trinajstić information content (AvgIpc) is 3.09. The van der Waals surface area contributed by atoms with E-state index in [9.17, 15) is 4.79 Å². The van der Waals surface area contributed by atoms with Crippen molar-refractivity contribution in [2.75, 3.05) is 31.6 Å². The van der Waals surface area contributed by atoms with E-state index in [1.165, 1.54) is 9.60 Å². The summed E-state index contributed by atoms with van der Waals surface area (Å²) < 4.78 is 12.3. The highest BCUT2D eigenvalue weighted by Gasteiger charge is 2.17. The third-order valence-electron chi connectivity index (χ3n) is 4.48. The lowest BCUT2D eigenvalue weighted by molar-refractivity contribution is -0.903. The van der Waals surface area contributed by atoms with E-state index in [2.05, 4.69) is 23.3 Å². The number of aromatic nitrogens is 1. The summed E-state index contributed by atoms with van der Waals surface area (Å²) in [6.07, 6.45) is 0. The van der Waals surface area contributed by atoms with Crippen LogP contribution in [0.2, 0.25) is 0 Å². The molecule has 140 valence electrons. The fourth-order valence-electron chi connectivity index (χ4n) is 3.08. The lowest BCUT2D eigenvalue weighted by atomic mass is 10.2. The number of hydrogen-bond donors (Lipinski definition) is 2. The molecule has 7 heteroatoms. The van der Waals surface area contributed by atoms with Crippen molar-refractivity contribution in [2.24, 2.45) is 0 Å². The van der Waals surface area contributed by atoms with Gasteiger partial charge in [0.25, 0.3) is 5.91 Å². The number of ether oxygens (including phenoxy) is 2. The first-order valence-corrected chi connectivity index (χ1v) is 9.90. The second-order valence-electron chi connectivity index (χ2n) is 6.44. The molecule has 2 aromatic carbocycles. The second kappa shape index (κ2) is 7.94. The van der Waals surface area contributed by atoms with Gasteiger partial charge in [-0.2, -0.15) is 0 Å². The van der Waals surface area contributed by atoms with Crippen molar-refractivity contribution >= 4 is 33.1 Å². The Hall–Kier alpha value is -2.64. The predicted octanol–water partition coefficient (Wildman–Crippen LogP) is 2.11. The van der Waals surface area contributed by atoms with Crippen LogP contribution in [0.3, 0.4) is 0 Å². The van der Waals surface area contributed by atoms with Crippen molar-refractivity contribution in [1.82, 2.24) is 4.98 Å². The maximum absolute atomic E-state index is 12.5. The van der Waals surface area contributed by atoms with Crippen LogP contribution in [0.5, 0.6) is 11.5 Å². The maximum Gasteiger partial charge on any atom is 0.279 e. The molecule has 1 amide bonds. The van der Waals surface area contributed by atoms with Crippen molar-refractivity contribution in [3.8, 4) is 11.5 Å². The Morgan fingerprint density at radius 1 is 1.19 bits per heavy atom. The third-order valence-corrected chi connectivity index (χ3v) is 5.51. The molecule has 1 aliphatic rings.